The van der Waals surface area contributed by atoms with Gasteiger partial charge in [-0.05, 0) is 55.9 Å². The Hall–Kier alpha value is -2.30. The predicted molar refractivity (Wildman–Crippen MR) is 88.3 cm³/mol. The number of likely N-dealkylation sites (tertiary alicyclic amines) is 1. The molecule has 23 heavy (non-hydrogen) atoms. The van der Waals surface area contributed by atoms with Crippen LogP contribution in [-0.2, 0) is 0 Å². The smallest absolute Gasteiger partial charge is 0.318 e. The molecule has 2 aromatic rings. The highest BCUT2D eigenvalue weighted by Crippen LogP contribution is 2.37. The number of urea groups is 1. The lowest BCUT2D eigenvalue weighted by Gasteiger charge is -2.29. The van der Waals surface area contributed by atoms with Gasteiger partial charge in [0.1, 0.15) is 0 Å². The SMILES string of the molecule is C[C@H](NC(=O)N1C[C@H]2CC[C@H]1C2)c1cccc(-n2cccn2)c1. The van der Waals surface area contributed by atoms with Crippen LogP contribution in [0.5, 0.6) is 0 Å². The summed E-state index contributed by atoms with van der Waals surface area (Å²) in [6, 6.07) is 10.6. The van der Waals surface area contributed by atoms with Crippen LogP contribution in [0.15, 0.2) is 42.7 Å². The van der Waals surface area contributed by atoms with Crippen molar-refractivity contribution < 1.29 is 4.79 Å². The molecule has 2 heterocycles. The van der Waals surface area contributed by atoms with Gasteiger partial charge in [-0.15, -0.1) is 0 Å². The summed E-state index contributed by atoms with van der Waals surface area (Å²) >= 11 is 0. The van der Waals surface area contributed by atoms with E-state index in [1.807, 2.05) is 47.0 Å². The number of hydrogen-bond donors (Lipinski definition) is 1. The van der Waals surface area contributed by atoms with E-state index >= 15 is 0 Å². The van der Waals surface area contributed by atoms with Crippen molar-refractivity contribution >= 4 is 6.03 Å². The van der Waals surface area contributed by atoms with Gasteiger partial charge in [0.25, 0.3) is 0 Å². The molecule has 2 fully saturated rings. The van der Waals surface area contributed by atoms with Gasteiger partial charge in [0.05, 0.1) is 11.7 Å². The van der Waals surface area contributed by atoms with E-state index in [0.717, 1.165) is 23.7 Å². The maximum Gasteiger partial charge on any atom is 0.318 e. The molecular formula is C18H22N4O. The minimum absolute atomic E-state index is 0.0165. The fraction of sp³-hybridized carbons (Fsp3) is 0.444. The highest BCUT2D eigenvalue weighted by atomic mass is 16.2. The molecule has 1 aliphatic carbocycles. The van der Waals surface area contributed by atoms with Gasteiger partial charge >= 0.3 is 6.03 Å². The molecule has 1 aliphatic heterocycles. The van der Waals surface area contributed by atoms with E-state index in [0.29, 0.717) is 6.04 Å². The number of carbonyl (C=O) groups excluding carboxylic acids is 1. The summed E-state index contributed by atoms with van der Waals surface area (Å²) in [4.78, 5) is 14.6. The molecule has 1 saturated carbocycles. The van der Waals surface area contributed by atoms with Crippen LogP contribution < -0.4 is 5.32 Å². The van der Waals surface area contributed by atoms with Crippen LogP contribution in [0.4, 0.5) is 4.79 Å². The third kappa shape index (κ3) is 2.71. The van der Waals surface area contributed by atoms with E-state index in [2.05, 4.69) is 16.5 Å². The van der Waals surface area contributed by atoms with Crippen molar-refractivity contribution in [2.24, 2.45) is 5.92 Å². The Balaban J connectivity index is 1.46. The number of nitrogens with zero attached hydrogens (tertiary/aromatic N) is 3. The molecule has 2 bridgehead atoms. The molecule has 2 amide bonds. The molecule has 0 unspecified atom stereocenters. The summed E-state index contributed by atoms with van der Waals surface area (Å²) in [5.74, 6) is 0.726. The van der Waals surface area contributed by atoms with Crippen molar-refractivity contribution in [2.45, 2.75) is 38.3 Å². The zero-order chi connectivity index (χ0) is 15.8. The number of nitrogens with one attached hydrogen (secondary N) is 1. The van der Waals surface area contributed by atoms with Crippen molar-refractivity contribution in [2.75, 3.05) is 6.54 Å². The van der Waals surface area contributed by atoms with Crippen molar-refractivity contribution in [1.29, 1.82) is 0 Å². The van der Waals surface area contributed by atoms with E-state index in [1.165, 1.54) is 19.3 Å². The second-order valence-electron chi connectivity index (χ2n) is 6.70. The number of hydrogen-bond acceptors (Lipinski definition) is 2. The van der Waals surface area contributed by atoms with Crippen LogP contribution >= 0.6 is 0 Å². The van der Waals surface area contributed by atoms with Gasteiger partial charge in [-0.1, -0.05) is 12.1 Å². The zero-order valence-corrected chi connectivity index (χ0v) is 13.4. The number of carbonyl (C=O) groups is 1. The molecule has 0 spiro atoms. The molecule has 0 radical (unpaired) electrons. The monoisotopic (exact) mass is 310 g/mol. The Morgan fingerprint density at radius 2 is 2.26 bits per heavy atom. The minimum Gasteiger partial charge on any atom is -0.331 e. The number of aromatic nitrogens is 2. The van der Waals surface area contributed by atoms with E-state index < -0.39 is 0 Å². The molecule has 5 nitrogen and oxygen atoms in total. The van der Waals surface area contributed by atoms with Gasteiger partial charge < -0.3 is 10.2 Å². The Morgan fingerprint density at radius 3 is 2.96 bits per heavy atom. The summed E-state index contributed by atoms with van der Waals surface area (Å²) < 4.78 is 1.83. The average Bonchev–Trinajstić information content (AvgIpc) is 3.32. The molecule has 120 valence electrons. The number of benzene rings is 1. The third-order valence-electron chi connectivity index (χ3n) is 5.15. The Kier molecular flexibility index (Phi) is 3.56. The Labute approximate surface area is 136 Å². The number of fused-ring (bicyclic) bond motifs is 2. The van der Waals surface area contributed by atoms with Crippen LogP contribution in [0.2, 0.25) is 0 Å². The zero-order valence-electron chi connectivity index (χ0n) is 13.4. The second kappa shape index (κ2) is 5.72. The van der Waals surface area contributed by atoms with Gasteiger partial charge in [0.2, 0.25) is 0 Å². The topological polar surface area (TPSA) is 50.2 Å². The largest absolute Gasteiger partial charge is 0.331 e. The summed E-state index contributed by atoms with van der Waals surface area (Å²) in [6.45, 7) is 2.96. The van der Waals surface area contributed by atoms with Gasteiger partial charge in [-0.25, -0.2) is 9.48 Å². The van der Waals surface area contributed by atoms with E-state index in [4.69, 9.17) is 0 Å². The first-order valence-electron chi connectivity index (χ1n) is 8.38. The van der Waals surface area contributed by atoms with Crippen molar-refractivity contribution in [1.82, 2.24) is 20.0 Å². The molecule has 1 N–H and O–H groups in total. The lowest BCUT2D eigenvalue weighted by atomic mass is 10.1. The highest BCUT2D eigenvalue weighted by molar-refractivity contribution is 5.75. The van der Waals surface area contributed by atoms with Crippen LogP contribution in [0.1, 0.15) is 37.8 Å². The standard InChI is InChI=1S/C18H22N4O/c1-13(20-18(23)21-12-14-6-7-16(21)10-14)15-4-2-5-17(11-15)22-9-3-8-19-22/h2-5,8-9,11,13-14,16H,6-7,10,12H2,1H3,(H,20,23)/t13-,14-,16-/m0/s1. The first kappa shape index (κ1) is 14.3. The van der Waals surface area contributed by atoms with Gasteiger partial charge in [-0.2, -0.15) is 5.10 Å². The normalized spacial score (nSPS) is 24.0. The minimum atomic E-state index is -0.0165. The third-order valence-corrected chi connectivity index (χ3v) is 5.15. The van der Waals surface area contributed by atoms with Gasteiger partial charge in [0.15, 0.2) is 0 Å². The van der Waals surface area contributed by atoms with Gasteiger partial charge in [-0.3, -0.25) is 0 Å². The average molecular weight is 310 g/mol. The van der Waals surface area contributed by atoms with E-state index in [1.54, 1.807) is 6.20 Å². The van der Waals surface area contributed by atoms with E-state index in [9.17, 15) is 4.79 Å². The summed E-state index contributed by atoms with van der Waals surface area (Å²) in [7, 11) is 0. The number of amides is 2. The maximum atomic E-state index is 12.5. The lowest BCUT2D eigenvalue weighted by Crippen LogP contribution is -2.45. The fourth-order valence-electron chi connectivity index (χ4n) is 3.88. The second-order valence-corrected chi connectivity index (χ2v) is 6.70. The molecule has 4 rings (SSSR count). The molecule has 2 aliphatic rings. The lowest BCUT2D eigenvalue weighted by molar-refractivity contribution is 0.178. The number of piperidine rings is 1. The Morgan fingerprint density at radius 1 is 1.35 bits per heavy atom. The Bertz CT molecular complexity index is 697. The fourth-order valence-corrected chi connectivity index (χ4v) is 3.88. The van der Waals surface area contributed by atoms with Crippen molar-refractivity contribution in [3.05, 3.63) is 48.3 Å². The van der Waals surface area contributed by atoms with Crippen LogP contribution in [-0.4, -0.2) is 33.3 Å². The maximum absolute atomic E-state index is 12.5. The van der Waals surface area contributed by atoms with E-state index in [-0.39, 0.29) is 12.1 Å². The predicted octanol–water partition coefficient (Wildman–Crippen LogP) is 3.13. The quantitative estimate of drug-likeness (QED) is 0.947. The molecule has 1 aromatic carbocycles. The van der Waals surface area contributed by atoms with Crippen LogP contribution in [0.25, 0.3) is 5.69 Å². The molecular weight excluding hydrogens is 288 g/mol. The first-order chi connectivity index (χ1) is 11.2. The van der Waals surface area contributed by atoms with Crippen molar-refractivity contribution in [3.63, 3.8) is 0 Å². The van der Waals surface area contributed by atoms with Gasteiger partial charge in [0, 0.05) is 25.0 Å². The van der Waals surface area contributed by atoms with Crippen LogP contribution in [0, 0.1) is 5.92 Å². The molecule has 1 saturated heterocycles. The molecule has 1 aromatic heterocycles. The summed E-state index contributed by atoms with van der Waals surface area (Å²) in [6.07, 6.45) is 7.33. The number of rotatable bonds is 3. The summed E-state index contributed by atoms with van der Waals surface area (Å²) in [5, 5.41) is 7.41. The van der Waals surface area contributed by atoms with Crippen LogP contribution in [0.3, 0.4) is 0 Å². The van der Waals surface area contributed by atoms with Crippen molar-refractivity contribution in [3.8, 4) is 5.69 Å². The highest BCUT2D eigenvalue weighted by Gasteiger charge is 2.40. The molecule has 3 atom stereocenters. The molecule has 5 heteroatoms. The summed E-state index contributed by atoms with van der Waals surface area (Å²) in [5.41, 5.74) is 2.10. The first-order valence-corrected chi connectivity index (χ1v) is 8.38.